The van der Waals surface area contributed by atoms with Gasteiger partial charge in [0.2, 0.25) is 11.8 Å². The van der Waals surface area contributed by atoms with Crippen LogP contribution < -0.4 is 10.2 Å². The predicted octanol–water partition coefficient (Wildman–Crippen LogP) is 1.92. The highest BCUT2D eigenvalue weighted by Gasteiger charge is 2.33. The molecule has 1 aromatic carbocycles. The maximum atomic E-state index is 11.6. The van der Waals surface area contributed by atoms with Crippen molar-refractivity contribution in [3.8, 4) is 0 Å². The molecule has 1 saturated heterocycles. The molecule has 0 bridgehead atoms. The van der Waals surface area contributed by atoms with Crippen LogP contribution >= 0.6 is 34.2 Å². The van der Waals surface area contributed by atoms with Crippen LogP contribution in [-0.4, -0.2) is 17.8 Å². The van der Waals surface area contributed by atoms with E-state index < -0.39 is 17.8 Å². The van der Waals surface area contributed by atoms with Crippen LogP contribution in [-0.2, 0) is 9.59 Å². The molecule has 0 atom stereocenters. The van der Waals surface area contributed by atoms with E-state index in [9.17, 15) is 14.4 Å². The van der Waals surface area contributed by atoms with E-state index in [4.69, 9.17) is 11.6 Å². The molecule has 0 spiro atoms. The Kier molecular flexibility index (Phi) is 3.34. The van der Waals surface area contributed by atoms with Gasteiger partial charge in [0, 0.05) is 3.57 Å². The summed E-state index contributed by atoms with van der Waals surface area (Å²) in [6, 6.07) is 4.15. The van der Waals surface area contributed by atoms with Crippen molar-refractivity contribution in [3.63, 3.8) is 0 Å². The highest BCUT2D eigenvalue weighted by Crippen LogP contribution is 2.29. The number of barbiturate groups is 1. The van der Waals surface area contributed by atoms with Crippen molar-refractivity contribution in [1.29, 1.82) is 0 Å². The van der Waals surface area contributed by atoms with E-state index in [0.29, 0.717) is 0 Å². The molecule has 1 heterocycles. The van der Waals surface area contributed by atoms with Crippen LogP contribution in [0.25, 0.3) is 0 Å². The van der Waals surface area contributed by atoms with E-state index >= 15 is 0 Å². The molecule has 1 aliphatic rings. The van der Waals surface area contributed by atoms with Crippen LogP contribution in [0.15, 0.2) is 18.2 Å². The van der Waals surface area contributed by atoms with Gasteiger partial charge in [0.05, 0.1) is 10.7 Å². The van der Waals surface area contributed by atoms with Gasteiger partial charge in [0.25, 0.3) is 0 Å². The van der Waals surface area contributed by atoms with Crippen LogP contribution in [0.4, 0.5) is 10.5 Å². The van der Waals surface area contributed by atoms with Gasteiger partial charge >= 0.3 is 6.03 Å². The van der Waals surface area contributed by atoms with E-state index in [-0.39, 0.29) is 17.1 Å². The first-order chi connectivity index (χ1) is 7.99. The molecule has 0 saturated carbocycles. The lowest BCUT2D eigenvalue weighted by molar-refractivity contribution is -0.128. The number of anilines is 1. The highest BCUT2D eigenvalue weighted by molar-refractivity contribution is 14.1. The van der Waals surface area contributed by atoms with Gasteiger partial charge in [-0.2, -0.15) is 0 Å². The van der Waals surface area contributed by atoms with Crippen molar-refractivity contribution in [3.05, 3.63) is 26.8 Å². The summed E-state index contributed by atoms with van der Waals surface area (Å²) in [4.78, 5) is 35.1. The zero-order chi connectivity index (χ0) is 12.6. The molecule has 88 valence electrons. The Morgan fingerprint density at radius 3 is 2.59 bits per heavy atom. The third kappa shape index (κ3) is 2.42. The molecule has 4 amide bonds. The molecular formula is C10H6ClIN2O3. The molecule has 1 aromatic rings. The standard InChI is InChI=1S/C10H6ClIN2O3/c11-6-3-5(12)1-2-7(6)14-9(16)4-8(15)13-10(14)17/h1-3H,4H2,(H,13,15,17). The summed E-state index contributed by atoms with van der Waals surface area (Å²) in [5, 5.41) is 2.35. The average Bonchev–Trinajstić information content (AvgIpc) is 2.19. The van der Waals surface area contributed by atoms with Gasteiger partial charge in [-0.3, -0.25) is 14.9 Å². The molecule has 1 N–H and O–H groups in total. The molecule has 0 aliphatic carbocycles. The first-order valence-corrected chi connectivity index (χ1v) is 6.06. The Hall–Kier alpha value is -1.15. The maximum Gasteiger partial charge on any atom is 0.335 e. The number of hydrogen-bond acceptors (Lipinski definition) is 3. The topological polar surface area (TPSA) is 66.5 Å². The zero-order valence-corrected chi connectivity index (χ0v) is 11.3. The summed E-state index contributed by atoms with van der Waals surface area (Å²) in [5.74, 6) is -1.18. The maximum absolute atomic E-state index is 11.6. The largest absolute Gasteiger partial charge is 0.335 e. The Bertz CT molecular complexity index is 512. The second-order valence-corrected chi connectivity index (χ2v) is 5.01. The first-order valence-electron chi connectivity index (χ1n) is 4.61. The van der Waals surface area contributed by atoms with Gasteiger partial charge in [0.1, 0.15) is 6.42 Å². The number of nitrogens with zero attached hydrogens (tertiary/aromatic N) is 1. The second kappa shape index (κ2) is 4.61. The average molecular weight is 365 g/mol. The molecule has 17 heavy (non-hydrogen) atoms. The van der Waals surface area contributed by atoms with Crippen molar-refractivity contribution < 1.29 is 14.4 Å². The molecule has 2 rings (SSSR count). The minimum atomic E-state index is -0.769. The van der Waals surface area contributed by atoms with Crippen molar-refractivity contribution in [2.45, 2.75) is 6.42 Å². The van der Waals surface area contributed by atoms with Gasteiger partial charge in [-0.15, -0.1) is 0 Å². The monoisotopic (exact) mass is 364 g/mol. The fourth-order valence-electron chi connectivity index (χ4n) is 1.46. The number of hydrogen-bond donors (Lipinski definition) is 1. The van der Waals surface area contributed by atoms with Gasteiger partial charge in [-0.25, -0.2) is 9.69 Å². The third-order valence-electron chi connectivity index (χ3n) is 2.16. The Morgan fingerprint density at radius 2 is 2.00 bits per heavy atom. The van der Waals surface area contributed by atoms with Crippen LogP contribution in [0.5, 0.6) is 0 Å². The smallest absolute Gasteiger partial charge is 0.277 e. The highest BCUT2D eigenvalue weighted by atomic mass is 127. The molecular weight excluding hydrogens is 358 g/mol. The van der Waals surface area contributed by atoms with E-state index in [2.05, 4.69) is 27.9 Å². The van der Waals surface area contributed by atoms with Gasteiger partial charge in [0.15, 0.2) is 0 Å². The minimum Gasteiger partial charge on any atom is -0.277 e. The number of imide groups is 2. The molecule has 0 aromatic heterocycles. The van der Waals surface area contributed by atoms with E-state index in [1.807, 2.05) is 0 Å². The van der Waals surface area contributed by atoms with Crippen LogP contribution in [0.3, 0.4) is 0 Å². The number of amides is 4. The van der Waals surface area contributed by atoms with Crippen molar-refractivity contribution >= 4 is 57.7 Å². The number of rotatable bonds is 1. The number of benzene rings is 1. The third-order valence-corrected chi connectivity index (χ3v) is 3.13. The molecule has 0 radical (unpaired) electrons. The zero-order valence-electron chi connectivity index (χ0n) is 8.37. The summed E-state index contributed by atoms with van der Waals surface area (Å²) in [5.41, 5.74) is 0.280. The van der Waals surface area contributed by atoms with Gasteiger partial charge in [-0.1, -0.05) is 11.6 Å². The summed E-state index contributed by atoms with van der Waals surface area (Å²) in [6.45, 7) is 0. The molecule has 0 unspecified atom stereocenters. The van der Waals surface area contributed by atoms with E-state index in [0.717, 1.165) is 8.47 Å². The lowest BCUT2D eigenvalue weighted by atomic mass is 10.2. The second-order valence-electron chi connectivity index (χ2n) is 3.35. The first kappa shape index (κ1) is 12.3. The Morgan fingerprint density at radius 1 is 1.29 bits per heavy atom. The number of carbonyl (C=O) groups excluding carboxylic acids is 3. The van der Waals surface area contributed by atoms with Crippen LogP contribution in [0, 0.1) is 3.57 Å². The number of carbonyl (C=O) groups is 3. The summed E-state index contributed by atoms with van der Waals surface area (Å²) in [7, 11) is 0. The lowest BCUT2D eigenvalue weighted by Gasteiger charge is -2.25. The van der Waals surface area contributed by atoms with E-state index in [1.165, 1.54) is 0 Å². The van der Waals surface area contributed by atoms with Crippen molar-refractivity contribution in [2.24, 2.45) is 0 Å². The van der Waals surface area contributed by atoms with Crippen LogP contribution in [0.1, 0.15) is 6.42 Å². The number of nitrogens with one attached hydrogen (secondary N) is 1. The Labute approximate surface area is 115 Å². The Balaban J connectivity index is 2.42. The molecule has 5 nitrogen and oxygen atoms in total. The normalized spacial score (nSPS) is 16.1. The van der Waals surface area contributed by atoms with Crippen LogP contribution in [0.2, 0.25) is 5.02 Å². The molecule has 1 aliphatic heterocycles. The summed E-state index contributed by atoms with van der Waals surface area (Å²) in [6.07, 6.45) is -0.353. The fraction of sp³-hybridized carbons (Fsp3) is 0.100. The lowest BCUT2D eigenvalue weighted by Crippen LogP contribution is -2.53. The predicted molar refractivity (Wildman–Crippen MR) is 69.8 cm³/mol. The van der Waals surface area contributed by atoms with Gasteiger partial charge < -0.3 is 0 Å². The number of urea groups is 1. The summed E-state index contributed by atoms with van der Waals surface area (Å²) < 4.78 is 0.886. The van der Waals surface area contributed by atoms with Crippen molar-refractivity contribution in [2.75, 3.05) is 4.90 Å². The van der Waals surface area contributed by atoms with Gasteiger partial charge in [-0.05, 0) is 40.8 Å². The minimum absolute atomic E-state index is 0.280. The fourth-order valence-corrected chi connectivity index (χ4v) is 2.40. The molecule has 1 fully saturated rings. The van der Waals surface area contributed by atoms with Crippen molar-refractivity contribution in [1.82, 2.24) is 5.32 Å². The van der Waals surface area contributed by atoms with E-state index in [1.54, 1.807) is 18.2 Å². The summed E-state index contributed by atoms with van der Waals surface area (Å²) >= 11 is 8.03. The quantitative estimate of drug-likeness (QED) is 0.611. The SMILES string of the molecule is O=C1CC(=O)N(c2ccc(I)cc2Cl)C(=O)N1. The molecule has 7 heteroatoms. The number of halogens is 2.